The number of rotatable bonds is 5. The van der Waals surface area contributed by atoms with Crippen LogP contribution in [0.5, 0.6) is 0 Å². The second kappa shape index (κ2) is 6.06. The van der Waals surface area contributed by atoms with Gasteiger partial charge in [-0.2, -0.15) is 0 Å². The molecule has 0 radical (unpaired) electrons. The minimum Gasteiger partial charge on any atom is -0.331 e. The fraction of sp³-hybridized carbons (Fsp3) is 0.294. The van der Waals surface area contributed by atoms with Crippen LogP contribution in [-0.4, -0.2) is 40.1 Å². The minimum absolute atomic E-state index is 0.976. The van der Waals surface area contributed by atoms with Crippen LogP contribution >= 0.6 is 0 Å². The van der Waals surface area contributed by atoms with Gasteiger partial charge in [-0.25, -0.2) is 4.98 Å². The SMILES string of the molecule is CN(C)CCCn1ccnc1-c1ccnc2ccccc12. The third kappa shape index (κ3) is 2.95. The van der Waals surface area contributed by atoms with E-state index in [-0.39, 0.29) is 0 Å². The van der Waals surface area contributed by atoms with Crippen molar-refractivity contribution in [1.29, 1.82) is 0 Å². The van der Waals surface area contributed by atoms with E-state index in [0.29, 0.717) is 0 Å². The molecule has 0 fully saturated rings. The largest absolute Gasteiger partial charge is 0.331 e. The zero-order valence-corrected chi connectivity index (χ0v) is 12.5. The van der Waals surface area contributed by atoms with Gasteiger partial charge < -0.3 is 9.47 Å². The van der Waals surface area contributed by atoms with Crippen molar-refractivity contribution in [2.45, 2.75) is 13.0 Å². The first-order chi connectivity index (χ1) is 10.3. The molecule has 3 aromatic rings. The lowest BCUT2D eigenvalue weighted by molar-refractivity contribution is 0.387. The van der Waals surface area contributed by atoms with Gasteiger partial charge in [0.25, 0.3) is 0 Å². The summed E-state index contributed by atoms with van der Waals surface area (Å²) in [7, 11) is 4.20. The first kappa shape index (κ1) is 13.8. The Morgan fingerprint density at radius 3 is 2.76 bits per heavy atom. The highest BCUT2D eigenvalue weighted by atomic mass is 15.1. The molecule has 0 saturated carbocycles. The van der Waals surface area contributed by atoms with Gasteiger partial charge in [0.1, 0.15) is 5.82 Å². The van der Waals surface area contributed by atoms with Crippen LogP contribution in [0, 0.1) is 0 Å². The lowest BCUT2D eigenvalue weighted by atomic mass is 10.1. The summed E-state index contributed by atoms with van der Waals surface area (Å²) < 4.78 is 2.23. The predicted molar refractivity (Wildman–Crippen MR) is 86.1 cm³/mol. The fourth-order valence-electron chi connectivity index (χ4n) is 2.58. The van der Waals surface area contributed by atoms with E-state index < -0.39 is 0 Å². The van der Waals surface area contributed by atoms with Crippen molar-refractivity contribution in [2.75, 3.05) is 20.6 Å². The van der Waals surface area contributed by atoms with Crippen LogP contribution in [0.25, 0.3) is 22.3 Å². The van der Waals surface area contributed by atoms with Crippen LogP contribution in [0.3, 0.4) is 0 Å². The Kier molecular flexibility index (Phi) is 3.97. The van der Waals surface area contributed by atoms with Crippen molar-refractivity contribution >= 4 is 10.9 Å². The molecule has 0 N–H and O–H groups in total. The zero-order chi connectivity index (χ0) is 14.7. The molecular formula is C17H20N4. The van der Waals surface area contributed by atoms with Crippen molar-refractivity contribution in [1.82, 2.24) is 19.4 Å². The summed E-state index contributed by atoms with van der Waals surface area (Å²) in [6.45, 7) is 2.05. The molecule has 0 bridgehead atoms. The Morgan fingerprint density at radius 1 is 1.05 bits per heavy atom. The topological polar surface area (TPSA) is 34.0 Å². The molecule has 0 aliphatic rings. The molecule has 0 unspecified atom stereocenters. The summed E-state index contributed by atoms with van der Waals surface area (Å²) >= 11 is 0. The highest BCUT2D eigenvalue weighted by Gasteiger charge is 2.09. The molecule has 0 aliphatic carbocycles. The monoisotopic (exact) mass is 280 g/mol. The van der Waals surface area contributed by atoms with Gasteiger partial charge in [0, 0.05) is 36.1 Å². The highest BCUT2D eigenvalue weighted by molar-refractivity contribution is 5.92. The Labute approximate surface area is 125 Å². The Hall–Kier alpha value is -2.20. The fourth-order valence-corrected chi connectivity index (χ4v) is 2.58. The van der Waals surface area contributed by atoms with Crippen molar-refractivity contribution in [2.24, 2.45) is 0 Å². The van der Waals surface area contributed by atoms with Gasteiger partial charge in [0.2, 0.25) is 0 Å². The smallest absolute Gasteiger partial charge is 0.140 e. The predicted octanol–water partition coefficient (Wildman–Crippen LogP) is 3.05. The van der Waals surface area contributed by atoms with E-state index in [2.05, 4.69) is 45.8 Å². The van der Waals surface area contributed by atoms with Crippen molar-refractivity contribution in [3.8, 4) is 11.4 Å². The number of aryl methyl sites for hydroxylation is 1. The lowest BCUT2D eigenvalue weighted by Gasteiger charge is -2.12. The van der Waals surface area contributed by atoms with Gasteiger partial charge in [0.15, 0.2) is 0 Å². The molecular weight excluding hydrogens is 260 g/mol. The summed E-state index contributed by atoms with van der Waals surface area (Å²) in [4.78, 5) is 11.2. The first-order valence-corrected chi connectivity index (χ1v) is 7.25. The second-order valence-electron chi connectivity index (χ2n) is 5.48. The molecule has 21 heavy (non-hydrogen) atoms. The normalized spacial score (nSPS) is 11.4. The quantitative estimate of drug-likeness (QED) is 0.720. The Morgan fingerprint density at radius 2 is 1.90 bits per heavy atom. The third-order valence-electron chi connectivity index (χ3n) is 3.61. The molecule has 3 rings (SSSR count). The number of aromatic nitrogens is 3. The molecule has 4 nitrogen and oxygen atoms in total. The average Bonchev–Trinajstić information content (AvgIpc) is 2.94. The van der Waals surface area contributed by atoms with E-state index in [1.54, 1.807) is 0 Å². The maximum absolute atomic E-state index is 4.56. The maximum Gasteiger partial charge on any atom is 0.140 e. The molecule has 2 heterocycles. The van der Waals surface area contributed by atoms with Gasteiger partial charge in [-0.1, -0.05) is 18.2 Å². The lowest BCUT2D eigenvalue weighted by Crippen LogP contribution is -2.15. The van der Waals surface area contributed by atoms with Crippen LogP contribution < -0.4 is 0 Å². The number of benzene rings is 1. The molecule has 0 aliphatic heterocycles. The number of hydrogen-bond acceptors (Lipinski definition) is 3. The van der Waals surface area contributed by atoms with Gasteiger partial charge in [-0.05, 0) is 39.2 Å². The van der Waals surface area contributed by atoms with E-state index in [0.717, 1.165) is 41.8 Å². The molecule has 0 atom stereocenters. The number of imidazole rings is 1. The second-order valence-corrected chi connectivity index (χ2v) is 5.48. The van der Waals surface area contributed by atoms with E-state index in [1.165, 1.54) is 0 Å². The minimum atomic E-state index is 0.976. The summed E-state index contributed by atoms with van der Waals surface area (Å²) in [5, 5.41) is 1.15. The number of para-hydroxylation sites is 1. The molecule has 0 amide bonds. The highest BCUT2D eigenvalue weighted by Crippen LogP contribution is 2.26. The number of pyridine rings is 1. The molecule has 0 saturated heterocycles. The summed E-state index contributed by atoms with van der Waals surface area (Å²) in [5.74, 6) is 1.02. The summed E-state index contributed by atoms with van der Waals surface area (Å²) in [6.07, 6.45) is 6.90. The van der Waals surface area contributed by atoms with Gasteiger partial charge in [-0.15, -0.1) is 0 Å². The van der Waals surface area contributed by atoms with Gasteiger partial charge >= 0.3 is 0 Å². The van der Waals surface area contributed by atoms with Gasteiger partial charge in [0.05, 0.1) is 5.52 Å². The Balaban J connectivity index is 1.94. The molecule has 4 heteroatoms. The zero-order valence-electron chi connectivity index (χ0n) is 12.5. The summed E-state index contributed by atoms with van der Waals surface area (Å²) in [6, 6.07) is 10.3. The summed E-state index contributed by atoms with van der Waals surface area (Å²) in [5.41, 5.74) is 2.16. The Bertz CT molecular complexity index is 725. The number of fused-ring (bicyclic) bond motifs is 1. The van der Waals surface area contributed by atoms with Crippen molar-refractivity contribution in [3.05, 3.63) is 48.9 Å². The third-order valence-corrected chi connectivity index (χ3v) is 3.61. The van der Waals surface area contributed by atoms with Crippen molar-refractivity contribution < 1.29 is 0 Å². The van der Waals surface area contributed by atoms with E-state index in [9.17, 15) is 0 Å². The van der Waals surface area contributed by atoms with Crippen LogP contribution in [0.4, 0.5) is 0 Å². The van der Waals surface area contributed by atoms with Gasteiger partial charge in [-0.3, -0.25) is 4.98 Å². The van der Waals surface area contributed by atoms with Crippen LogP contribution in [-0.2, 0) is 6.54 Å². The first-order valence-electron chi connectivity index (χ1n) is 7.25. The molecule has 108 valence electrons. The van der Waals surface area contributed by atoms with E-state index in [4.69, 9.17) is 0 Å². The van der Waals surface area contributed by atoms with Crippen LogP contribution in [0.15, 0.2) is 48.9 Å². The van der Waals surface area contributed by atoms with Crippen molar-refractivity contribution in [3.63, 3.8) is 0 Å². The maximum atomic E-state index is 4.56. The van der Waals surface area contributed by atoms with Crippen LogP contribution in [0.1, 0.15) is 6.42 Å². The molecule has 2 aromatic heterocycles. The standard InChI is InChI=1S/C17H20N4/c1-20(2)11-5-12-21-13-10-19-17(21)15-8-9-18-16-7-4-3-6-14(15)16/h3-4,6-10,13H,5,11-12H2,1-2H3. The molecule has 1 aromatic carbocycles. The number of nitrogens with zero attached hydrogens (tertiary/aromatic N) is 4. The average molecular weight is 280 g/mol. The van der Waals surface area contributed by atoms with Crippen LogP contribution in [0.2, 0.25) is 0 Å². The van der Waals surface area contributed by atoms with E-state index in [1.807, 2.05) is 36.7 Å². The van der Waals surface area contributed by atoms with E-state index >= 15 is 0 Å². The number of hydrogen-bond donors (Lipinski definition) is 0. The molecule has 0 spiro atoms.